The Bertz CT molecular complexity index is 1290. The number of aromatic nitrogens is 3. The number of thioether (sulfide) groups is 1. The van der Waals surface area contributed by atoms with Gasteiger partial charge in [0.2, 0.25) is 0 Å². The number of nitrogens with zero attached hydrogens (tertiary/aromatic N) is 5. The van der Waals surface area contributed by atoms with Gasteiger partial charge >= 0.3 is 6.09 Å². The average Bonchev–Trinajstić information content (AvgIpc) is 3.14. The molecule has 1 amide bonds. The number of carbonyl (C=O) groups is 1. The highest BCUT2D eigenvalue weighted by Gasteiger charge is 2.51. The number of rotatable bonds is 6. The number of ether oxygens (including phenoxy) is 1. The first kappa shape index (κ1) is 31.7. The van der Waals surface area contributed by atoms with Crippen molar-refractivity contribution in [3.05, 3.63) is 15.6 Å². The van der Waals surface area contributed by atoms with Crippen molar-refractivity contribution in [1.82, 2.24) is 19.9 Å². The van der Waals surface area contributed by atoms with Gasteiger partial charge < -0.3 is 14.1 Å². The van der Waals surface area contributed by atoms with Gasteiger partial charge in [-0.3, -0.25) is 4.90 Å². The monoisotopic (exact) mass is 675 g/mol. The van der Waals surface area contributed by atoms with Crippen molar-refractivity contribution in [2.75, 3.05) is 23.8 Å². The lowest BCUT2D eigenvalue weighted by atomic mass is 10.0. The quantitative estimate of drug-likeness (QED) is 0.134. The Morgan fingerprint density at radius 1 is 1.18 bits per heavy atom. The number of pyridine rings is 1. The van der Waals surface area contributed by atoms with Crippen molar-refractivity contribution in [3.63, 3.8) is 0 Å². The zero-order valence-electron chi connectivity index (χ0n) is 24.8. The summed E-state index contributed by atoms with van der Waals surface area (Å²) in [4.78, 5) is 31.2. The van der Waals surface area contributed by atoms with Crippen LogP contribution in [0.3, 0.4) is 0 Å². The van der Waals surface area contributed by atoms with E-state index in [9.17, 15) is 4.79 Å². The maximum absolute atomic E-state index is 15.3. The van der Waals surface area contributed by atoms with E-state index in [1.54, 1.807) is 0 Å². The van der Waals surface area contributed by atoms with Crippen LogP contribution in [-0.2, 0) is 9.16 Å². The van der Waals surface area contributed by atoms with Crippen LogP contribution in [0.25, 0.3) is 10.9 Å². The smallest absolute Gasteiger partial charge is 0.410 e. The van der Waals surface area contributed by atoms with Crippen LogP contribution in [0.2, 0.25) is 23.3 Å². The average molecular weight is 677 g/mol. The summed E-state index contributed by atoms with van der Waals surface area (Å²) in [5.41, 5.74) is -0.484. The molecule has 3 atom stereocenters. The minimum atomic E-state index is -2.14. The second-order valence-electron chi connectivity index (χ2n) is 13.0. The fraction of sp³-hybridized carbons (Fsp3) is 0.704. The Labute approximate surface area is 255 Å². The van der Waals surface area contributed by atoms with Gasteiger partial charge in [0.1, 0.15) is 21.5 Å². The van der Waals surface area contributed by atoms with Crippen molar-refractivity contribution in [1.29, 1.82) is 0 Å². The molecule has 0 aromatic carbocycles. The molecule has 0 radical (unpaired) electrons. The minimum Gasteiger partial charge on any atom is -0.444 e. The highest BCUT2D eigenvalue weighted by molar-refractivity contribution is 9.10. The number of hydrogen-bond donors (Lipinski definition) is 0. The van der Waals surface area contributed by atoms with Gasteiger partial charge in [-0.2, -0.15) is 0 Å². The third kappa shape index (κ3) is 6.26. The summed E-state index contributed by atoms with van der Waals surface area (Å²) < 4.78 is 28.3. The molecule has 2 aliphatic heterocycles. The van der Waals surface area contributed by atoms with E-state index in [0.717, 1.165) is 18.6 Å². The second kappa shape index (κ2) is 11.5. The van der Waals surface area contributed by atoms with Crippen LogP contribution >= 0.6 is 39.3 Å². The zero-order valence-corrected chi connectivity index (χ0v) is 28.9. The Kier molecular flexibility index (Phi) is 9.09. The van der Waals surface area contributed by atoms with Gasteiger partial charge in [-0.15, -0.1) is 0 Å². The van der Waals surface area contributed by atoms with E-state index in [1.165, 1.54) is 11.8 Å². The van der Waals surface area contributed by atoms with Crippen molar-refractivity contribution < 1.29 is 18.3 Å². The second-order valence-corrected chi connectivity index (χ2v) is 20.1. The van der Waals surface area contributed by atoms with Crippen LogP contribution in [0.1, 0.15) is 61.3 Å². The first-order valence-electron chi connectivity index (χ1n) is 13.7. The lowest BCUT2D eigenvalue weighted by molar-refractivity contribution is 0.00491. The summed E-state index contributed by atoms with van der Waals surface area (Å²) in [6.07, 6.45) is 1.33. The number of halogens is 3. The largest absolute Gasteiger partial charge is 0.444 e. The SMILES string of the molecule is CCSc1nc(N2C[C@H]3CC[C@@H]([C@H]2CO[Si](C)(C)C(C)(C)C)N3C(=O)OC(C)(C)C)c2c(Br)nc(Cl)c(F)c2n1. The van der Waals surface area contributed by atoms with E-state index in [0.29, 0.717) is 34.1 Å². The zero-order chi connectivity index (χ0) is 29.8. The van der Waals surface area contributed by atoms with Crippen LogP contribution in [-0.4, -0.2) is 76.9 Å². The molecular weight excluding hydrogens is 637 g/mol. The number of anilines is 1. The third-order valence-corrected chi connectivity index (χ3v) is 14.1. The number of piperazine rings is 1. The summed E-state index contributed by atoms with van der Waals surface area (Å²) in [5, 5.41) is 0.688. The summed E-state index contributed by atoms with van der Waals surface area (Å²) in [6, 6.07) is -0.474. The molecule has 2 saturated heterocycles. The number of amides is 1. The summed E-state index contributed by atoms with van der Waals surface area (Å²) in [6.45, 7) is 19.6. The van der Waals surface area contributed by atoms with E-state index in [2.05, 4.69) is 64.7 Å². The minimum absolute atomic E-state index is 0.00886. The summed E-state index contributed by atoms with van der Waals surface area (Å²) in [7, 11) is -2.14. The molecular formula is C27H40BrClFN5O3SSi. The topological polar surface area (TPSA) is 80.7 Å². The number of carbonyl (C=O) groups excluding carboxylic acids is 1. The first-order chi connectivity index (χ1) is 18.4. The van der Waals surface area contributed by atoms with Crippen LogP contribution in [0.5, 0.6) is 0 Å². The molecule has 222 valence electrons. The molecule has 0 unspecified atom stereocenters. The van der Waals surface area contributed by atoms with Gasteiger partial charge in [-0.25, -0.2) is 24.1 Å². The lowest BCUT2D eigenvalue weighted by Gasteiger charge is -2.48. The molecule has 2 aliphatic rings. The van der Waals surface area contributed by atoms with E-state index < -0.39 is 19.7 Å². The fourth-order valence-corrected chi connectivity index (χ4v) is 7.47. The fourth-order valence-electron chi connectivity index (χ4n) is 5.06. The van der Waals surface area contributed by atoms with Gasteiger partial charge in [-0.1, -0.05) is 51.1 Å². The van der Waals surface area contributed by atoms with Crippen LogP contribution in [0, 0.1) is 5.82 Å². The lowest BCUT2D eigenvalue weighted by Crippen LogP contribution is -2.64. The predicted octanol–water partition coefficient (Wildman–Crippen LogP) is 7.67. The molecule has 0 spiro atoms. The predicted molar refractivity (Wildman–Crippen MR) is 166 cm³/mol. The van der Waals surface area contributed by atoms with Gasteiger partial charge in [0.25, 0.3) is 0 Å². The Balaban J connectivity index is 1.85. The Morgan fingerprint density at radius 3 is 2.45 bits per heavy atom. The molecule has 2 aromatic rings. The summed E-state index contributed by atoms with van der Waals surface area (Å²) >= 11 is 11.1. The normalized spacial score (nSPS) is 21.9. The van der Waals surface area contributed by atoms with Crippen LogP contribution in [0.4, 0.5) is 15.0 Å². The molecule has 40 heavy (non-hydrogen) atoms. The van der Waals surface area contributed by atoms with Crippen molar-refractivity contribution in [2.24, 2.45) is 0 Å². The van der Waals surface area contributed by atoms with Gasteiger partial charge in [0.15, 0.2) is 24.4 Å². The molecule has 0 N–H and O–H groups in total. The van der Waals surface area contributed by atoms with E-state index in [4.69, 9.17) is 25.7 Å². The van der Waals surface area contributed by atoms with Crippen molar-refractivity contribution >= 4 is 70.4 Å². The molecule has 8 nitrogen and oxygen atoms in total. The molecule has 13 heteroatoms. The van der Waals surface area contributed by atoms with Gasteiger partial charge in [-0.05, 0) is 73.4 Å². The van der Waals surface area contributed by atoms with Gasteiger partial charge in [0, 0.05) is 6.54 Å². The van der Waals surface area contributed by atoms with E-state index >= 15 is 4.39 Å². The number of hydrogen-bond acceptors (Lipinski definition) is 8. The highest BCUT2D eigenvalue weighted by Crippen LogP contribution is 2.43. The molecule has 0 aliphatic carbocycles. The van der Waals surface area contributed by atoms with E-state index in [1.807, 2.05) is 32.6 Å². The third-order valence-electron chi connectivity index (χ3n) is 8.03. The van der Waals surface area contributed by atoms with Crippen LogP contribution < -0.4 is 4.90 Å². The molecule has 2 aromatic heterocycles. The Morgan fingerprint density at radius 2 is 1.85 bits per heavy atom. The Hall–Kier alpha value is -1.21. The number of fused-ring (bicyclic) bond motifs is 3. The maximum atomic E-state index is 15.3. The molecule has 2 fully saturated rings. The summed E-state index contributed by atoms with van der Waals surface area (Å²) in [5.74, 6) is 0.619. The molecule has 4 rings (SSSR count). The molecule has 2 bridgehead atoms. The van der Waals surface area contributed by atoms with Crippen LogP contribution in [0.15, 0.2) is 9.76 Å². The molecule has 4 heterocycles. The van der Waals surface area contributed by atoms with Crippen molar-refractivity contribution in [3.8, 4) is 0 Å². The van der Waals surface area contributed by atoms with Gasteiger partial charge in [0.05, 0.1) is 30.1 Å². The van der Waals surface area contributed by atoms with Crippen molar-refractivity contribution in [2.45, 2.75) is 108 Å². The van der Waals surface area contributed by atoms with E-state index in [-0.39, 0.29) is 39.9 Å². The standard InChI is InChI=1S/C27H40BrClFN5O3SSi/c1-10-39-24-31-20-18(21(28)32-22(29)19(20)30)23(33-24)34-13-15-11-12-16(35(15)25(36)38-26(2,3)4)17(34)14-37-40(8,9)27(5,6)7/h15-17H,10-14H2,1-9H3/t15-,16+,17-/m1/s1. The highest BCUT2D eigenvalue weighted by atomic mass is 79.9. The molecule has 0 saturated carbocycles. The first-order valence-corrected chi connectivity index (χ1v) is 18.8. The maximum Gasteiger partial charge on any atom is 0.410 e.